The molecule has 5 rings (SSSR count). The highest BCUT2D eigenvalue weighted by molar-refractivity contribution is 6.05. The average molecular weight is 491 g/mol. The van der Waals surface area contributed by atoms with Crippen molar-refractivity contribution in [3.63, 3.8) is 0 Å². The molecule has 9 nitrogen and oxygen atoms in total. The van der Waals surface area contributed by atoms with Gasteiger partial charge in [0.25, 0.3) is 11.5 Å². The lowest BCUT2D eigenvalue weighted by Gasteiger charge is -2.37. The standard InChI is InChI=1S/C26H27FN6O3/c1-26(2,3)18-7-5-16(6-8-18)15-36-19-11-20(34)33-24(30-19)21(25(35)32-13-17(12-27)14-32)22(31-33)23-28-9-4-10-29-23/h4-11,17,30H,12-15H2,1-3H3. The molecule has 1 aromatic carbocycles. The molecule has 4 heterocycles. The summed E-state index contributed by atoms with van der Waals surface area (Å²) < 4.78 is 20.0. The van der Waals surface area contributed by atoms with Crippen molar-refractivity contribution in [3.8, 4) is 17.4 Å². The quantitative estimate of drug-likeness (QED) is 0.444. The first kappa shape index (κ1) is 23.7. The lowest BCUT2D eigenvalue weighted by Crippen LogP contribution is -2.50. The number of H-pyrrole nitrogens is 1. The first-order valence-electron chi connectivity index (χ1n) is 11.8. The number of halogens is 1. The summed E-state index contributed by atoms with van der Waals surface area (Å²) in [6.45, 7) is 6.78. The molecule has 0 bridgehead atoms. The number of rotatable bonds is 6. The Hall–Kier alpha value is -4.08. The maximum atomic E-state index is 13.4. The van der Waals surface area contributed by atoms with E-state index < -0.39 is 12.2 Å². The molecule has 3 aromatic heterocycles. The normalized spacial score (nSPS) is 14.2. The first-order valence-corrected chi connectivity index (χ1v) is 11.8. The summed E-state index contributed by atoms with van der Waals surface area (Å²) in [6.07, 6.45) is 3.06. The van der Waals surface area contributed by atoms with Crippen LogP contribution in [0.3, 0.4) is 0 Å². The Morgan fingerprint density at radius 1 is 1.17 bits per heavy atom. The van der Waals surface area contributed by atoms with E-state index in [1.54, 1.807) is 6.07 Å². The highest BCUT2D eigenvalue weighted by Gasteiger charge is 2.35. The smallest absolute Gasteiger partial charge is 0.278 e. The maximum Gasteiger partial charge on any atom is 0.278 e. The van der Waals surface area contributed by atoms with E-state index in [2.05, 4.69) is 53.0 Å². The number of nitrogens with zero attached hydrogens (tertiary/aromatic N) is 5. The van der Waals surface area contributed by atoms with Gasteiger partial charge in [-0.15, -0.1) is 0 Å². The van der Waals surface area contributed by atoms with Gasteiger partial charge in [-0.25, -0.2) is 9.97 Å². The van der Waals surface area contributed by atoms with E-state index in [1.807, 2.05) is 12.1 Å². The fourth-order valence-electron chi connectivity index (χ4n) is 4.13. The summed E-state index contributed by atoms with van der Waals surface area (Å²) >= 11 is 0. The molecule has 1 aliphatic rings. The van der Waals surface area contributed by atoms with Crippen LogP contribution in [0.2, 0.25) is 0 Å². The van der Waals surface area contributed by atoms with E-state index in [9.17, 15) is 14.0 Å². The number of likely N-dealkylation sites (tertiary alicyclic amines) is 1. The van der Waals surface area contributed by atoms with Gasteiger partial charge in [-0.05, 0) is 22.6 Å². The molecule has 36 heavy (non-hydrogen) atoms. The van der Waals surface area contributed by atoms with Crippen LogP contribution in [0.1, 0.15) is 42.3 Å². The minimum absolute atomic E-state index is 0.0431. The summed E-state index contributed by atoms with van der Waals surface area (Å²) in [5.41, 5.74) is 2.22. The van der Waals surface area contributed by atoms with Gasteiger partial charge >= 0.3 is 0 Å². The SMILES string of the molecule is CC(C)(C)c1ccc(COc2cc(=O)n3nc(-c4ncccn4)c(C(=O)N4CC(CF)C4)c3[nH]2)cc1. The molecule has 1 aliphatic heterocycles. The van der Waals surface area contributed by atoms with Crippen LogP contribution in [-0.2, 0) is 12.0 Å². The Bertz CT molecular complexity index is 1450. The fourth-order valence-corrected chi connectivity index (χ4v) is 4.13. The fraction of sp³-hybridized carbons (Fsp3) is 0.346. The Morgan fingerprint density at radius 2 is 1.86 bits per heavy atom. The summed E-state index contributed by atoms with van der Waals surface area (Å²) in [6, 6.07) is 11.0. The van der Waals surface area contributed by atoms with E-state index in [4.69, 9.17) is 4.74 Å². The van der Waals surface area contributed by atoms with Crippen molar-refractivity contribution >= 4 is 11.6 Å². The Balaban J connectivity index is 1.50. The molecule has 1 saturated heterocycles. The zero-order valence-electron chi connectivity index (χ0n) is 20.4. The summed E-state index contributed by atoms with van der Waals surface area (Å²) in [7, 11) is 0. The Labute approximate surface area is 207 Å². The van der Waals surface area contributed by atoms with Crippen molar-refractivity contribution in [2.24, 2.45) is 5.92 Å². The molecular formula is C26H27FN6O3. The number of benzene rings is 1. The number of amides is 1. The van der Waals surface area contributed by atoms with Crippen LogP contribution in [0, 0.1) is 5.92 Å². The van der Waals surface area contributed by atoms with Crippen molar-refractivity contribution in [1.29, 1.82) is 0 Å². The minimum Gasteiger partial charge on any atom is -0.474 e. The number of nitrogens with one attached hydrogen (secondary N) is 1. The molecule has 10 heteroatoms. The maximum absolute atomic E-state index is 13.4. The lowest BCUT2D eigenvalue weighted by atomic mass is 9.87. The number of alkyl halides is 1. The van der Waals surface area contributed by atoms with Crippen molar-refractivity contribution in [2.45, 2.75) is 32.8 Å². The van der Waals surface area contributed by atoms with Crippen LogP contribution in [0.25, 0.3) is 17.2 Å². The summed E-state index contributed by atoms with van der Waals surface area (Å²) in [5.74, 6) is -0.147. The van der Waals surface area contributed by atoms with Crippen LogP contribution in [0.15, 0.2) is 53.6 Å². The third-order valence-electron chi connectivity index (χ3n) is 6.26. The zero-order chi connectivity index (χ0) is 25.4. The van der Waals surface area contributed by atoms with Crippen LogP contribution in [0.4, 0.5) is 4.39 Å². The highest BCUT2D eigenvalue weighted by atomic mass is 19.1. The molecule has 1 N–H and O–H groups in total. The molecule has 0 saturated carbocycles. The molecule has 0 atom stereocenters. The van der Waals surface area contributed by atoms with E-state index in [0.717, 1.165) is 10.1 Å². The molecule has 1 fully saturated rings. The van der Waals surface area contributed by atoms with E-state index in [-0.39, 0.29) is 52.5 Å². The molecule has 186 valence electrons. The second-order valence-electron chi connectivity index (χ2n) is 9.99. The van der Waals surface area contributed by atoms with Crippen LogP contribution >= 0.6 is 0 Å². The van der Waals surface area contributed by atoms with Gasteiger partial charge in [0.15, 0.2) is 17.4 Å². The van der Waals surface area contributed by atoms with Crippen molar-refractivity contribution in [3.05, 3.63) is 75.8 Å². The van der Waals surface area contributed by atoms with E-state index in [1.165, 1.54) is 28.9 Å². The number of ether oxygens (including phenoxy) is 1. The van der Waals surface area contributed by atoms with Gasteiger partial charge in [-0.2, -0.15) is 9.61 Å². The Kier molecular flexibility index (Phi) is 6.03. The molecule has 0 radical (unpaired) electrons. The van der Waals surface area contributed by atoms with Gasteiger partial charge in [0.2, 0.25) is 0 Å². The topological polar surface area (TPSA) is 105 Å². The molecule has 0 aliphatic carbocycles. The number of aromatic amines is 1. The third-order valence-corrected chi connectivity index (χ3v) is 6.26. The first-order chi connectivity index (χ1) is 17.2. The average Bonchev–Trinajstić information content (AvgIpc) is 3.22. The number of hydrogen-bond donors (Lipinski definition) is 1. The number of carbonyl (C=O) groups excluding carboxylic acids is 1. The van der Waals surface area contributed by atoms with Gasteiger partial charge in [-0.1, -0.05) is 45.0 Å². The van der Waals surface area contributed by atoms with Gasteiger partial charge < -0.3 is 14.6 Å². The predicted molar refractivity (Wildman–Crippen MR) is 132 cm³/mol. The molecule has 1 amide bonds. The lowest BCUT2D eigenvalue weighted by molar-refractivity contribution is 0.0455. The second kappa shape index (κ2) is 9.18. The number of fused-ring (bicyclic) bond motifs is 1. The third kappa shape index (κ3) is 4.46. The second-order valence-corrected chi connectivity index (χ2v) is 9.99. The van der Waals surface area contributed by atoms with Gasteiger partial charge in [-0.3, -0.25) is 14.0 Å². The highest BCUT2D eigenvalue weighted by Crippen LogP contribution is 2.28. The van der Waals surface area contributed by atoms with Crippen molar-refractivity contribution < 1.29 is 13.9 Å². The summed E-state index contributed by atoms with van der Waals surface area (Å²) in [4.78, 5) is 39.3. The van der Waals surface area contributed by atoms with Crippen molar-refractivity contribution in [2.75, 3.05) is 19.8 Å². The monoisotopic (exact) mass is 490 g/mol. The molecule has 0 spiro atoms. The van der Waals surface area contributed by atoms with Crippen LogP contribution < -0.4 is 10.3 Å². The van der Waals surface area contributed by atoms with E-state index >= 15 is 0 Å². The van der Waals surface area contributed by atoms with Gasteiger partial charge in [0.1, 0.15) is 17.9 Å². The number of aromatic nitrogens is 5. The van der Waals surface area contributed by atoms with Crippen molar-refractivity contribution in [1.82, 2.24) is 29.5 Å². The Morgan fingerprint density at radius 3 is 2.50 bits per heavy atom. The number of hydrogen-bond acceptors (Lipinski definition) is 6. The van der Waals surface area contributed by atoms with Crippen LogP contribution in [-0.4, -0.2) is 55.1 Å². The van der Waals surface area contributed by atoms with Crippen LogP contribution in [0.5, 0.6) is 5.88 Å². The largest absolute Gasteiger partial charge is 0.474 e. The predicted octanol–water partition coefficient (Wildman–Crippen LogP) is 3.40. The number of carbonyl (C=O) groups is 1. The van der Waals surface area contributed by atoms with Gasteiger partial charge in [0.05, 0.1) is 12.7 Å². The zero-order valence-corrected chi connectivity index (χ0v) is 20.4. The van der Waals surface area contributed by atoms with E-state index in [0.29, 0.717) is 13.1 Å². The molecular weight excluding hydrogens is 463 g/mol. The van der Waals surface area contributed by atoms with Gasteiger partial charge in [0, 0.05) is 31.4 Å². The minimum atomic E-state index is -0.487. The molecule has 4 aromatic rings. The molecule has 0 unspecified atom stereocenters. The summed E-state index contributed by atoms with van der Waals surface area (Å²) in [5, 5.41) is 4.35.